The Hall–Kier alpha value is -10.3. The molecule has 4 amide bonds. The first-order valence-corrected chi connectivity index (χ1v) is 36.8. The minimum atomic E-state index is -5.57. The van der Waals surface area contributed by atoms with Crippen molar-refractivity contribution in [2.75, 3.05) is 52.0 Å². The number of Topliss-reactive ketones (excluding diaryl/α,β-unsaturated/α-hetero) is 1. The van der Waals surface area contributed by atoms with Gasteiger partial charge in [0.25, 0.3) is 5.91 Å². The number of alkyl carbamates (subject to hydrolysis) is 2. The molecule has 4 aromatic carbocycles. The number of nitrogens with zero attached hydrogens (tertiary/aromatic N) is 7. The number of aromatic nitrogens is 4. The number of ether oxygens (including phenoxy) is 4. The van der Waals surface area contributed by atoms with Crippen molar-refractivity contribution in [1.29, 1.82) is 0 Å². The average molecular weight is 1620 g/mol. The summed E-state index contributed by atoms with van der Waals surface area (Å²) in [4.78, 5) is 132. The summed E-state index contributed by atoms with van der Waals surface area (Å²) in [5, 5.41) is 20.0. The van der Waals surface area contributed by atoms with Gasteiger partial charge < -0.3 is 49.4 Å². The molecule has 5 heterocycles. The minimum Gasteiger partial charge on any atom is -0.478 e. The highest BCUT2D eigenvalue weighted by Gasteiger charge is 2.58. The number of amides is 4. The molecule has 113 heavy (non-hydrogen) atoms. The van der Waals surface area contributed by atoms with Crippen molar-refractivity contribution >= 4 is 55.5 Å². The van der Waals surface area contributed by atoms with E-state index in [0.29, 0.717) is 112 Å². The van der Waals surface area contributed by atoms with E-state index in [4.69, 9.17) is 14.0 Å². The maximum atomic E-state index is 16.9. The Morgan fingerprint density at radius 1 is 0.761 bits per heavy atom. The smallest absolute Gasteiger partial charge is 0.478 e. The van der Waals surface area contributed by atoms with E-state index in [1.807, 2.05) is 5.32 Å². The Bertz CT molecular complexity index is 4570. The van der Waals surface area contributed by atoms with E-state index in [9.17, 15) is 52.2 Å². The van der Waals surface area contributed by atoms with Crippen LogP contribution in [0.5, 0.6) is 5.75 Å². The molecule has 3 aliphatic rings. The number of nitrogens with one attached hydrogen (secondary N) is 4. The number of methoxy groups -OCH3 is 2. The SMILES string of the molecule is COC(=O)N[C@H](C(=O)C[C@@H](Cc1ccc(C#Cc2cnc(N3CC4CCC(C3)N4C3COC3)nc2)cc1)[C@H](CN(Cc1c(F)cc(-c2ccn(C(F)F)n2)cc1F)NC(=O)[C@@H](NC(=O)OC)C(C)(C)C(F)(F)F)OC(=O)CC(C)(C)c1c(CC(=O)NCc2cccc(C(=O)O)c2)cc(C)cc1OP(=O)(O)O)C(C)(C)C(F)(F)F. The highest BCUT2D eigenvalue weighted by molar-refractivity contribution is 7.46. The number of carboxylic acid groups (broad SMARTS) is 1. The van der Waals surface area contributed by atoms with Crippen molar-refractivity contribution in [1.82, 2.24) is 51.0 Å². The van der Waals surface area contributed by atoms with Crippen LogP contribution in [0.2, 0.25) is 0 Å². The maximum absolute atomic E-state index is 16.9. The molecule has 6 atom stereocenters. The summed E-state index contributed by atoms with van der Waals surface area (Å²) >= 11 is 0. The number of esters is 1. The van der Waals surface area contributed by atoms with Gasteiger partial charge in [-0.2, -0.15) is 40.2 Å². The zero-order valence-corrected chi connectivity index (χ0v) is 63.4. The third-order valence-corrected chi connectivity index (χ3v) is 20.5. The molecule has 27 nitrogen and oxygen atoms in total. The topological polar surface area (TPSA) is 345 Å². The van der Waals surface area contributed by atoms with Gasteiger partial charge in [-0.25, -0.2) is 47.4 Å². The molecule has 0 radical (unpaired) electrons. The first-order chi connectivity index (χ1) is 52.8. The summed E-state index contributed by atoms with van der Waals surface area (Å²) in [7, 11) is -4.06. The van der Waals surface area contributed by atoms with Crippen molar-refractivity contribution in [2.24, 2.45) is 16.7 Å². The number of rotatable bonds is 31. The van der Waals surface area contributed by atoms with Gasteiger partial charge in [-0.1, -0.05) is 56.0 Å². The van der Waals surface area contributed by atoms with Gasteiger partial charge in [0.05, 0.1) is 80.5 Å². The standard InChI is InChI=1S/C75H84F10N11O16P/c1-41-23-49(30-60(98)86-32-44-11-10-12-46(26-44)66(101)102)62(58(24-41)112-113(105,106)107)71(2,3)31-61(99)111-59(38-94(92-65(100)64(90-70(104)109-9)73(6,7)75(83,84)85)37-53-54(76)27-47(28-55(53)77)56-21-22-95(91-56)67(78)79)48(29-57(97)63(89-69(103)108-8)72(4,5)74(80,81)82)25-43-16-13-42(14-17-43)15-18-45-33-87-68(88-34-45)93-35-50-19-20-51(36-93)96(50)52-39-110-40-52/h10-14,16-17,21-24,26-28,33-34,48,50-52,59,63-64,67H,19-20,25,29-32,35-40H2,1-9H3,(H,86,98)(H,89,103)(H,90,104)(H,92,100)(H,101,102)(H2,105,106,107)/t48-,50?,51?,59+,63-,64-/m1/s1. The third-order valence-electron chi connectivity index (χ3n) is 20.0. The van der Waals surface area contributed by atoms with Crippen LogP contribution in [0, 0.1) is 47.1 Å². The number of fused-ring (bicyclic) bond motifs is 2. The number of ketones is 1. The van der Waals surface area contributed by atoms with Crippen LogP contribution in [0.25, 0.3) is 11.3 Å². The van der Waals surface area contributed by atoms with Crippen LogP contribution in [0.3, 0.4) is 0 Å². The number of carbonyl (C=O) groups excluding carboxylic acids is 6. The second-order valence-electron chi connectivity index (χ2n) is 29.5. The third kappa shape index (κ3) is 21.7. The molecule has 2 bridgehead atoms. The highest BCUT2D eigenvalue weighted by atomic mass is 31.2. The second kappa shape index (κ2) is 35.4. The van der Waals surface area contributed by atoms with Crippen molar-refractivity contribution in [3.05, 3.63) is 159 Å². The maximum Gasteiger partial charge on any atom is 0.524 e. The number of aryl methyl sites for hydroxylation is 1. The van der Waals surface area contributed by atoms with Gasteiger partial charge in [-0.3, -0.25) is 39.3 Å². The van der Waals surface area contributed by atoms with Crippen LogP contribution < -0.4 is 30.8 Å². The number of phosphoric acid groups is 1. The number of halogens is 10. The first kappa shape index (κ1) is 86.7. The fourth-order valence-electron chi connectivity index (χ4n) is 13.8. The predicted molar refractivity (Wildman–Crippen MR) is 383 cm³/mol. The summed E-state index contributed by atoms with van der Waals surface area (Å²) < 4.78 is 192. The second-order valence-corrected chi connectivity index (χ2v) is 30.7. The number of benzene rings is 4. The number of carboxylic acids is 1. The van der Waals surface area contributed by atoms with Crippen LogP contribution in [0.15, 0.2) is 97.5 Å². The van der Waals surface area contributed by atoms with Crippen molar-refractivity contribution in [3.63, 3.8) is 0 Å². The highest BCUT2D eigenvalue weighted by Crippen LogP contribution is 2.47. The van der Waals surface area contributed by atoms with Crippen LogP contribution in [0.4, 0.5) is 59.4 Å². The fraction of sp³-hybridized carbons (Fsp3) is 0.467. The number of aromatic carboxylic acids is 1. The van der Waals surface area contributed by atoms with E-state index in [2.05, 4.69) is 56.9 Å². The van der Waals surface area contributed by atoms with Crippen LogP contribution >= 0.6 is 7.82 Å². The van der Waals surface area contributed by atoms with Gasteiger partial charge in [0, 0.05) is 96.9 Å². The van der Waals surface area contributed by atoms with E-state index in [1.54, 1.807) is 17.7 Å². The summed E-state index contributed by atoms with van der Waals surface area (Å²) in [6.07, 6.45) is -13.7. The number of piperazine rings is 1. The molecule has 3 saturated heterocycles. The Morgan fingerprint density at radius 2 is 1.35 bits per heavy atom. The molecule has 3 fully saturated rings. The molecule has 2 unspecified atom stereocenters. The van der Waals surface area contributed by atoms with E-state index in [0.717, 1.165) is 45.4 Å². The zero-order valence-electron chi connectivity index (χ0n) is 62.6. The van der Waals surface area contributed by atoms with E-state index in [-0.39, 0.29) is 39.0 Å². The summed E-state index contributed by atoms with van der Waals surface area (Å²) in [5.41, 5.74) is -7.20. The van der Waals surface area contributed by atoms with Crippen LogP contribution in [-0.2, 0) is 74.0 Å². The summed E-state index contributed by atoms with van der Waals surface area (Å²) in [6, 6.07) is 11.7. The lowest BCUT2D eigenvalue weighted by Gasteiger charge is -2.47. The lowest BCUT2D eigenvalue weighted by molar-refractivity contribution is -0.221. The molecule has 0 saturated carbocycles. The largest absolute Gasteiger partial charge is 0.524 e. The van der Waals surface area contributed by atoms with Crippen LogP contribution in [0.1, 0.15) is 129 Å². The van der Waals surface area contributed by atoms with Gasteiger partial charge in [0.2, 0.25) is 11.9 Å². The number of alkyl halides is 8. The molecule has 2 aromatic heterocycles. The van der Waals surface area contributed by atoms with Gasteiger partial charge in [0.1, 0.15) is 35.6 Å². The molecule has 7 N–H and O–H groups in total. The molecular weight excluding hydrogens is 1530 g/mol. The van der Waals surface area contributed by atoms with Crippen LogP contribution in [-0.4, -0.2) is 182 Å². The average Bonchev–Trinajstić information content (AvgIpc) is 1.61. The minimum absolute atomic E-state index is 0.0476. The van der Waals surface area contributed by atoms with Gasteiger partial charge in [-0.05, 0) is 125 Å². The van der Waals surface area contributed by atoms with Gasteiger partial charge in [0.15, 0.2) is 5.78 Å². The molecule has 610 valence electrons. The van der Waals surface area contributed by atoms with Crippen molar-refractivity contribution in [3.8, 4) is 28.8 Å². The zero-order chi connectivity index (χ0) is 83.0. The summed E-state index contributed by atoms with van der Waals surface area (Å²) in [6.45, 7) is 2.83. The van der Waals surface area contributed by atoms with Gasteiger partial charge >= 0.3 is 50.8 Å². The molecule has 0 aliphatic carbocycles. The van der Waals surface area contributed by atoms with Crippen molar-refractivity contribution < 1.29 is 120 Å². The van der Waals surface area contributed by atoms with E-state index < -0.39 is 182 Å². The van der Waals surface area contributed by atoms with E-state index >= 15 is 44.7 Å². The molecule has 38 heteroatoms. The van der Waals surface area contributed by atoms with Crippen molar-refractivity contribution in [2.45, 2.75) is 161 Å². The monoisotopic (exact) mass is 1620 g/mol. The number of anilines is 1. The Balaban J connectivity index is 1.16. The molecule has 0 spiro atoms. The Morgan fingerprint density at radius 3 is 1.90 bits per heavy atom. The molecule has 9 rings (SSSR count). The summed E-state index contributed by atoms with van der Waals surface area (Å²) in [5.74, 6) is -5.84. The first-order valence-electron chi connectivity index (χ1n) is 35.3. The number of hydrogen-bond donors (Lipinski definition) is 7. The number of hydrogen-bond acceptors (Lipinski definition) is 19. The molecular formula is C75H84F10N11O16P. The molecule has 3 aliphatic heterocycles. The van der Waals surface area contributed by atoms with E-state index in [1.165, 1.54) is 75.4 Å². The quantitative estimate of drug-likeness (QED) is 0.00531. The predicted octanol–water partition coefficient (Wildman–Crippen LogP) is 10.4. The normalized spacial score (nSPS) is 16.7. The fourth-order valence-corrected chi connectivity index (χ4v) is 14.2. The number of carbonyl (C=O) groups is 7. The lowest BCUT2D eigenvalue weighted by atomic mass is 9.77. The lowest BCUT2D eigenvalue weighted by Crippen LogP contribution is -2.62. The van der Waals surface area contributed by atoms with Gasteiger partial charge in [-0.15, -0.1) is 0 Å². The number of phosphoric ester groups is 1. The molecule has 6 aromatic rings. The Labute approximate surface area is 642 Å². The number of hydrazine groups is 1. The Kier molecular flexibility index (Phi) is 27.2.